The fourth-order valence-corrected chi connectivity index (χ4v) is 5.70. The van der Waals surface area contributed by atoms with Gasteiger partial charge in [-0.3, -0.25) is 0 Å². The molecule has 3 nitrogen and oxygen atoms in total. The quantitative estimate of drug-likeness (QED) is 0.167. The van der Waals surface area contributed by atoms with E-state index in [4.69, 9.17) is 4.74 Å². The van der Waals surface area contributed by atoms with E-state index in [-0.39, 0.29) is 0 Å². The molecule has 0 radical (unpaired) electrons. The number of carbonyl (C=O) groups is 1. The molecular formula is C33H30O3. The Bertz CT molecular complexity index is 1470. The zero-order valence-corrected chi connectivity index (χ0v) is 21.4. The second-order valence-corrected chi connectivity index (χ2v) is 9.91. The summed E-state index contributed by atoms with van der Waals surface area (Å²) in [4.78, 5) is 12.3. The fraction of sp³-hybridized carbons (Fsp3) is 0.182. The highest BCUT2D eigenvalue weighted by atomic mass is 16.5. The highest BCUT2D eigenvalue weighted by molar-refractivity contribution is 5.89. The molecule has 0 spiro atoms. The van der Waals surface area contributed by atoms with Crippen LogP contribution in [0.2, 0.25) is 0 Å². The summed E-state index contributed by atoms with van der Waals surface area (Å²) >= 11 is 0. The minimum Gasteiger partial charge on any atom is -0.507 e. The monoisotopic (exact) mass is 474 g/mol. The third kappa shape index (κ3) is 3.38. The van der Waals surface area contributed by atoms with Gasteiger partial charge < -0.3 is 9.84 Å². The van der Waals surface area contributed by atoms with Crippen LogP contribution in [0, 0.1) is 27.7 Å². The second-order valence-electron chi connectivity index (χ2n) is 9.91. The normalized spacial score (nSPS) is 13.1. The number of hydrogen-bond donors (Lipinski definition) is 1. The van der Waals surface area contributed by atoms with Gasteiger partial charge in [0.2, 0.25) is 0 Å². The number of aromatic hydroxyl groups is 1. The van der Waals surface area contributed by atoms with Crippen molar-refractivity contribution in [2.45, 2.75) is 40.0 Å². The molecule has 1 N–H and O–H groups in total. The highest BCUT2D eigenvalue weighted by Gasteiger charge is 2.46. The molecule has 3 heteroatoms. The minimum atomic E-state index is -0.594. The van der Waals surface area contributed by atoms with Gasteiger partial charge in [-0.1, -0.05) is 79.4 Å². The summed E-state index contributed by atoms with van der Waals surface area (Å²) in [6.07, 6.45) is 0. The van der Waals surface area contributed by atoms with E-state index in [2.05, 4.69) is 79.4 Å². The van der Waals surface area contributed by atoms with Crippen LogP contribution in [0.15, 0.2) is 84.9 Å². The Balaban J connectivity index is 1.88. The number of phenols is 1. The number of ether oxygens (including phenoxy) is 1. The van der Waals surface area contributed by atoms with Crippen molar-refractivity contribution in [3.8, 4) is 22.6 Å². The smallest absolute Gasteiger partial charge is 0.338 e. The zero-order valence-electron chi connectivity index (χ0n) is 21.4. The second kappa shape index (κ2) is 8.53. The number of fused-ring (bicyclic) bond motifs is 3. The van der Waals surface area contributed by atoms with E-state index in [1.165, 1.54) is 22.3 Å². The van der Waals surface area contributed by atoms with Crippen molar-refractivity contribution < 1.29 is 14.6 Å². The van der Waals surface area contributed by atoms with Gasteiger partial charge in [-0.2, -0.15) is 0 Å². The molecule has 0 saturated carbocycles. The molecule has 0 atom stereocenters. The summed E-state index contributed by atoms with van der Waals surface area (Å²) < 4.78 is 5.72. The maximum Gasteiger partial charge on any atom is 0.338 e. The van der Waals surface area contributed by atoms with Crippen molar-refractivity contribution in [3.05, 3.63) is 129 Å². The van der Waals surface area contributed by atoms with Crippen LogP contribution in [-0.2, 0) is 10.2 Å². The van der Waals surface area contributed by atoms with Crippen LogP contribution in [0.5, 0.6) is 11.5 Å². The van der Waals surface area contributed by atoms with Gasteiger partial charge in [0.1, 0.15) is 11.5 Å². The van der Waals surface area contributed by atoms with Crippen LogP contribution in [-0.4, -0.2) is 11.1 Å². The molecule has 4 aromatic rings. The number of benzene rings is 4. The van der Waals surface area contributed by atoms with Gasteiger partial charge in [0, 0.05) is 5.57 Å². The molecular weight excluding hydrogens is 444 g/mol. The lowest BCUT2D eigenvalue weighted by atomic mass is 9.66. The summed E-state index contributed by atoms with van der Waals surface area (Å²) in [5, 5.41) is 10.6. The third-order valence-electron chi connectivity index (χ3n) is 7.31. The van der Waals surface area contributed by atoms with Crippen molar-refractivity contribution in [1.29, 1.82) is 0 Å². The van der Waals surface area contributed by atoms with Crippen molar-refractivity contribution in [2.75, 3.05) is 0 Å². The van der Waals surface area contributed by atoms with Crippen molar-refractivity contribution in [2.24, 2.45) is 0 Å². The number of rotatable bonds is 4. The molecule has 1 aliphatic carbocycles. The molecule has 0 aliphatic heterocycles. The Morgan fingerprint density at radius 2 is 1.17 bits per heavy atom. The maximum atomic E-state index is 12.3. The minimum absolute atomic E-state index is 0.322. The lowest BCUT2D eigenvalue weighted by molar-refractivity contribution is -0.130. The standard InChI is InChI=1S/C33H30O3/c1-19(2)32(35)36-31-22(5)17-25(18-23(31)6)33(24-15-20(3)30(34)21(4)16-24)28-13-9-7-11-26(28)27-12-8-10-14-29(27)33/h7-18,34H,1H2,2-6H3. The SMILES string of the molecule is C=C(C)C(=O)Oc1c(C)cc(C2(c3cc(C)c(O)c(C)c3)c3ccccc3-c3ccccc32)cc1C. The summed E-state index contributed by atoms with van der Waals surface area (Å²) in [7, 11) is 0. The van der Waals surface area contributed by atoms with Gasteiger partial charge in [-0.05, 0) is 90.3 Å². The Morgan fingerprint density at radius 1 is 0.750 bits per heavy atom. The van der Waals surface area contributed by atoms with E-state index < -0.39 is 11.4 Å². The predicted molar refractivity (Wildman–Crippen MR) is 145 cm³/mol. The molecule has 0 amide bonds. The number of carbonyl (C=O) groups excluding carboxylic acids is 1. The average molecular weight is 475 g/mol. The Morgan fingerprint density at radius 3 is 1.61 bits per heavy atom. The molecule has 5 rings (SSSR count). The molecule has 0 heterocycles. The van der Waals surface area contributed by atoms with Crippen LogP contribution in [0.4, 0.5) is 0 Å². The summed E-state index contributed by atoms with van der Waals surface area (Å²) in [6.45, 7) is 13.2. The van der Waals surface area contributed by atoms with Gasteiger partial charge >= 0.3 is 5.97 Å². The van der Waals surface area contributed by atoms with Gasteiger partial charge in [0.15, 0.2) is 0 Å². The van der Waals surface area contributed by atoms with Crippen LogP contribution in [0.25, 0.3) is 11.1 Å². The molecule has 0 unspecified atom stereocenters. The van der Waals surface area contributed by atoms with Gasteiger partial charge in [0.05, 0.1) is 5.41 Å². The number of phenolic OH excluding ortho intramolecular Hbond substituents is 1. The first kappa shape index (κ1) is 23.6. The molecule has 180 valence electrons. The first-order valence-electron chi connectivity index (χ1n) is 12.2. The van der Waals surface area contributed by atoms with Crippen LogP contribution < -0.4 is 4.74 Å². The zero-order chi connectivity index (χ0) is 25.8. The lowest BCUT2D eigenvalue weighted by Crippen LogP contribution is -2.29. The first-order chi connectivity index (χ1) is 17.2. The largest absolute Gasteiger partial charge is 0.507 e. The van der Waals surface area contributed by atoms with E-state index in [1.807, 2.05) is 27.7 Å². The number of esters is 1. The highest BCUT2D eigenvalue weighted by Crippen LogP contribution is 2.57. The number of aryl methyl sites for hydroxylation is 4. The average Bonchev–Trinajstić information content (AvgIpc) is 3.15. The Labute approximate surface area is 212 Å². The molecule has 1 aliphatic rings. The molecule has 36 heavy (non-hydrogen) atoms. The summed E-state index contributed by atoms with van der Waals surface area (Å²) in [5.74, 6) is 0.465. The molecule has 0 bridgehead atoms. The van der Waals surface area contributed by atoms with Gasteiger partial charge in [-0.25, -0.2) is 4.79 Å². The predicted octanol–water partition coefficient (Wildman–Crippen LogP) is 7.47. The lowest BCUT2D eigenvalue weighted by Gasteiger charge is -2.35. The van der Waals surface area contributed by atoms with Gasteiger partial charge in [0.25, 0.3) is 0 Å². The molecule has 0 fully saturated rings. The molecule has 4 aromatic carbocycles. The topological polar surface area (TPSA) is 46.5 Å². The van der Waals surface area contributed by atoms with E-state index in [1.54, 1.807) is 6.92 Å². The Hall–Kier alpha value is -4.11. The maximum absolute atomic E-state index is 12.3. The van der Waals surface area contributed by atoms with E-state index >= 15 is 0 Å². The first-order valence-corrected chi connectivity index (χ1v) is 12.2. The van der Waals surface area contributed by atoms with Crippen molar-refractivity contribution >= 4 is 5.97 Å². The van der Waals surface area contributed by atoms with Gasteiger partial charge in [-0.15, -0.1) is 0 Å². The third-order valence-corrected chi connectivity index (χ3v) is 7.31. The van der Waals surface area contributed by atoms with E-state index in [9.17, 15) is 9.90 Å². The fourth-order valence-electron chi connectivity index (χ4n) is 5.70. The Kier molecular flexibility index (Phi) is 5.60. The van der Waals surface area contributed by atoms with E-state index in [0.717, 1.165) is 33.4 Å². The number of hydrogen-bond acceptors (Lipinski definition) is 3. The van der Waals surface area contributed by atoms with Crippen LogP contribution in [0.1, 0.15) is 51.4 Å². The molecule has 0 aromatic heterocycles. The van der Waals surface area contributed by atoms with Crippen LogP contribution >= 0.6 is 0 Å². The molecule has 0 saturated heterocycles. The van der Waals surface area contributed by atoms with Crippen molar-refractivity contribution in [3.63, 3.8) is 0 Å². The summed E-state index contributed by atoms with van der Waals surface area (Å²) in [5.41, 5.74) is 10.2. The van der Waals surface area contributed by atoms with Crippen LogP contribution in [0.3, 0.4) is 0 Å². The summed E-state index contributed by atoms with van der Waals surface area (Å²) in [6, 6.07) is 25.5. The van der Waals surface area contributed by atoms with E-state index in [0.29, 0.717) is 17.1 Å². The van der Waals surface area contributed by atoms with Crippen molar-refractivity contribution in [1.82, 2.24) is 0 Å².